The van der Waals surface area contributed by atoms with Gasteiger partial charge in [0.25, 0.3) is 0 Å². The van der Waals surface area contributed by atoms with Crippen LogP contribution in [0.1, 0.15) is 42.9 Å². The lowest BCUT2D eigenvalue weighted by molar-refractivity contribution is 0.180. The molecule has 1 aromatic carbocycles. The highest BCUT2D eigenvalue weighted by Crippen LogP contribution is 2.35. The van der Waals surface area contributed by atoms with Gasteiger partial charge in [-0.2, -0.15) is 0 Å². The SMILES string of the molecule is CNC1c2ccccc2CC1N(C)CC1CCCC1. The quantitative estimate of drug-likeness (QED) is 0.893. The van der Waals surface area contributed by atoms with Crippen molar-refractivity contribution in [1.29, 1.82) is 0 Å². The number of rotatable bonds is 4. The van der Waals surface area contributed by atoms with Crippen molar-refractivity contribution in [2.45, 2.75) is 44.2 Å². The van der Waals surface area contributed by atoms with Gasteiger partial charge in [0.05, 0.1) is 0 Å². The van der Waals surface area contributed by atoms with Gasteiger partial charge >= 0.3 is 0 Å². The first kappa shape index (κ1) is 13.1. The maximum Gasteiger partial charge on any atom is 0.0481 e. The maximum atomic E-state index is 3.53. The Bertz CT molecular complexity index is 423. The smallest absolute Gasteiger partial charge is 0.0481 e. The van der Waals surface area contributed by atoms with Crippen LogP contribution >= 0.6 is 0 Å². The Morgan fingerprint density at radius 2 is 1.95 bits per heavy atom. The number of nitrogens with zero attached hydrogens (tertiary/aromatic N) is 1. The van der Waals surface area contributed by atoms with Gasteiger partial charge in [0.1, 0.15) is 0 Å². The zero-order chi connectivity index (χ0) is 13.2. The van der Waals surface area contributed by atoms with Gasteiger partial charge in [0, 0.05) is 18.6 Å². The van der Waals surface area contributed by atoms with Crippen molar-refractivity contribution in [2.24, 2.45) is 5.92 Å². The fourth-order valence-corrected chi connectivity index (χ4v) is 4.07. The molecule has 2 aliphatic carbocycles. The van der Waals surface area contributed by atoms with Crippen LogP contribution in [-0.4, -0.2) is 31.6 Å². The van der Waals surface area contributed by atoms with E-state index in [-0.39, 0.29) is 0 Å². The van der Waals surface area contributed by atoms with Gasteiger partial charge in [-0.15, -0.1) is 0 Å². The Morgan fingerprint density at radius 1 is 1.21 bits per heavy atom. The monoisotopic (exact) mass is 258 g/mol. The second-order valence-electron chi connectivity index (χ2n) is 6.33. The average Bonchev–Trinajstić information content (AvgIpc) is 3.04. The number of hydrogen-bond donors (Lipinski definition) is 1. The Balaban J connectivity index is 1.71. The van der Waals surface area contributed by atoms with Crippen LogP contribution in [-0.2, 0) is 6.42 Å². The molecule has 2 aliphatic rings. The highest BCUT2D eigenvalue weighted by atomic mass is 15.2. The molecule has 1 saturated carbocycles. The summed E-state index contributed by atoms with van der Waals surface area (Å²) in [7, 11) is 4.42. The average molecular weight is 258 g/mol. The lowest BCUT2D eigenvalue weighted by Crippen LogP contribution is -2.41. The van der Waals surface area contributed by atoms with E-state index in [4.69, 9.17) is 0 Å². The molecule has 0 saturated heterocycles. The summed E-state index contributed by atoms with van der Waals surface area (Å²) in [6, 6.07) is 10.1. The lowest BCUT2D eigenvalue weighted by atomic mass is 10.0. The topological polar surface area (TPSA) is 15.3 Å². The van der Waals surface area contributed by atoms with Crippen molar-refractivity contribution >= 4 is 0 Å². The van der Waals surface area contributed by atoms with Crippen LogP contribution in [0.5, 0.6) is 0 Å². The molecule has 0 aromatic heterocycles. The molecule has 0 spiro atoms. The Labute approximate surface area is 117 Å². The van der Waals surface area contributed by atoms with Gasteiger partial charge in [-0.25, -0.2) is 0 Å². The molecule has 19 heavy (non-hydrogen) atoms. The molecule has 0 amide bonds. The first-order valence-electron chi connectivity index (χ1n) is 7.75. The standard InChI is InChI=1S/C17H26N2/c1-18-17-15-10-6-5-9-14(15)11-16(17)19(2)12-13-7-3-4-8-13/h5-6,9-10,13,16-18H,3-4,7-8,11-12H2,1-2H3. The van der Waals surface area contributed by atoms with Crippen molar-refractivity contribution in [3.63, 3.8) is 0 Å². The summed E-state index contributed by atoms with van der Waals surface area (Å²) in [6.45, 7) is 1.27. The van der Waals surface area contributed by atoms with E-state index in [1.807, 2.05) is 0 Å². The van der Waals surface area contributed by atoms with Gasteiger partial charge in [0.15, 0.2) is 0 Å². The molecule has 1 fully saturated rings. The third-order valence-corrected chi connectivity index (χ3v) is 5.10. The minimum Gasteiger partial charge on any atom is -0.312 e. The van der Waals surface area contributed by atoms with E-state index in [0.29, 0.717) is 12.1 Å². The zero-order valence-corrected chi connectivity index (χ0v) is 12.2. The van der Waals surface area contributed by atoms with Crippen molar-refractivity contribution in [3.05, 3.63) is 35.4 Å². The van der Waals surface area contributed by atoms with E-state index >= 15 is 0 Å². The zero-order valence-electron chi connectivity index (χ0n) is 12.2. The summed E-state index contributed by atoms with van der Waals surface area (Å²) in [4.78, 5) is 2.61. The summed E-state index contributed by atoms with van der Waals surface area (Å²) in [5.74, 6) is 0.936. The molecule has 104 valence electrons. The van der Waals surface area contributed by atoms with E-state index in [0.717, 1.165) is 5.92 Å². The Kier molecular flexibility index (Phi) is 3.90. The number of nitrogens with one attached hydrogen (secondary N) is 1. The summed E-state index contributed by atoms with van der Waals surface area (Å²) in [5, 5.41) is 3.53. The summed E-state index contributed by atoms with van der Waals surface area (Å²) in [6.07, 6.45) is 6.96. The van der Waals surface area contributed by atoms with E-state index in [9.17, 15) is 0 Å². The third-order valence-electron chi connectivity index (χ3n) is 5.10. The number of benzene rings is 1. The predicted octanol–water partition coefficient (Wildman–Crippen LogP) is 2.99. The van der Waals surface area contributed by atoms with Crippen LogP contribution in [0.2, 0.25) is 0 Å². The Hall–Kier alpha value is -0.860. The highest BCUT2D eigenvalue weighted by Gasteiger charge is 2.34. The molecule has 2 nitrogen and oxygen atoms in total. The van der Waals surface area contributed by atoms with E-state index in [2.05, 4.69) is 48.6 Å². The molecular formula is C17H26N2. The van der Waals surface area contributed by atoms with Crippen LogP contribution in [0.25, 0.3) is 0 Å². The molecule has 1 N–H and O–H groups in total. The van der Waals surface area contributed by atoms with Crippen molar-refractivity contribution in [3.8, 4) is 0 Å². The van der Waals surface area contributed by atoms with Crippen molar-refractivity contribution in [2.75, 3.05) is 20.6 Å². The van der Waals surface area contributed by atoms with Gasteiger partial charge < -0.3 is 10.2 Å². The highest BCUT2D eigenvalue weighted by molar-refractivity contribution is 5.37. The van der Waals surface area contributed by atoms with Crippen LogP contribution in [0.4, 0.5) is 0 Å². The van der Waals surface area contributed by atoms with Gasteiger partial charge in [0.2, 0.25) is 0 Å². The van der Waals surface area contributed by atoms with Crippen LogP contribution < -0.4 is 5.32 Å². The summed E-state index contributed by atoms with van der Waals surface area (Å²) >= 11 is 0. The molecule has 3 rings (SSSR count). The van der Waals surface area contributed by atoms with Gasteiger partial charge in [-0.1, -0.05) is 37.1 Å². The second-order valence-corrected chi connectivity index (χ2v) is 6.33. The molecular weight excluding hydrogens is 232 g/mol. The molecule has 2 unspecified atom stereocenters. The molecule has 2 heteroatoms. The lowest BCUT2D eigenvalue weighted by Gasteiger charge is -2.31. The minimum absolute atomic E-state index is 0.502. The van der Waals surface area contributed by atoms with E-state index in [1.54, 1.807) is 0 Å². The maximum absolute atomic E-state index is 3.53. The van der Waals surface area contributed by atoms with E-state index < -0.39 is 0 Å². The van der Waals surface area contributed by atoms with E-state index in [1.165, 1.54) is 49.8 Å². The van der Waals surface area contributed by atoms with Gasteiger partial charge in [-0.3, -0.25) is 0 Å². The normalized spacial score (nSPS) is 27.1. The first-order chi connectivity index (χ1) is 9.29. The second kappa shape index (κ2) is 5.64. The molecule has 0 radical (unpaired) electrons. The molecule has 2 atom stereocenters. The number of likely N-dealkylation sites (N-methyl/N-ethyl adjacent to an activating group) is 2. The molecule has 0 aliphatic heterocycles. The number of fused-ring (bicyclic) bond motifs is 1. The van der Waals surface area contributed by atoms with Crippen LogP contribution in [0, 0.1) is 5.92 Å². The van der Waals surface area contributed by atoms with Crippen molar-refractivity contribution in [1.82, 2.24) is 10.2 Å². The Morgan fingerprint density at radius 3 is 2.68 bits per heavy atom. The van der Waals surface area contributed by atoms with Crippen LogP contribution in [0.3, 0.4) is 0 Å². The first-order valence-corrected chi connectivity index (χ1v) is 7.75. The molecule has 0 bridgehead atoms. The summed E-state index contributed by atoms with van der Waals surface area (Å²) < 4.78 is 0. The minimum atomic E-state index is 0.502. The van der Waals surface area contributed by atoms with Crippen LogP contribution in [0.15, 0.2) is 24.3 Å². The van der Waals surface area contributed by atoms with Gasteiger partial charge in [-0.05, 0) is 50.4 Å². The summed E-state index contributed by atoms with van der Waals surface area (Å²) in [5.41, 5.74) is 3.04. The van der Waals surface area contributed by atoms with Crippen molar-refractivity contribution < 1.29 is 0 Å². The fourth-order valence-electron chi connectivity index (χ4n) is 4.07. The number of hydrogen-bond acceptors (Lipinski definition) is 2. The largest absolute Gasteiger partial charge is 0.312 e. The molecule has 1 aromatic rings. The third kappa shape index (κ3) is 2.56. The molecule has 0 heterocycles. The fraction of sp³-hybridized carbons (Fsp3) is 0.647. The predicted molar refractivity (Wildman–Crippen MR) is 80.3 cm³/mol.